The number of nitrogens with zero attached hydrogens (tertiary/aromatic N) is 3. The molecule has 1 fully saturated rings. The molecule has 17 heavy (non-hydrogen) atoms. The van der Waals surface area contributed by atoms with Gasteiger partial charge in [0.25, 0.3) is 0 Å². The molecule has 0 saturated carbocycles. The molecular weight excluding hydrogens is 222 g/mol. The second-order valence-electron chi connectivity index (χ2n) is 4.04. The molecule has 1 aromatic rings. The van der Waals surface area contributed by atoms with E-state index in [1.807, 2.05) is 0 Å². The van der Waals surface area contributed by atoms with Gasteiger partial charge in [-0.25, -0.2) is 4.79 Å². The van der Waals surface area contributed by atoms with Gasteiger partial charge < -0.3 is 9.47 Å². The summed E-state index contributed by atoms with van der Waals surface area (Å²) in [5, 5.41) is 4.31. The van der Waals surface area contributed by atoms with Crippen LogP contribution in [0.2, 0.25) is 0 Å². The summed E-state index contributed by atoms with van der Waals surface area (Å²) >= 11 is 0. The zero-order valence-electron chi connectivity index (χ0n) is 10.2. The van der Waals surface area contributed by atoms with Crippen LogP contribution in [0.5, 0.6) is 0 Å². The molecular formula is C11H17N3O3. The van der Waals surface area contributed by atoms with Crippen LogP contribution in [0.1, 0.15) is 16.1 Å². The van der Waals surface area contributed by atoms with Crippen molar-refractivity contribution in [2.45, 2.75) is 6.54 Å². The first-order valence-electron chi connectivity index (χ1n) is 5.61. The van der Waals surface area contributed by atoms with Crippen molar-refractivity contribution in [3.8, 4) is 0 Å². The van der Waals surface area contributed by atoms with Crippen molar-refractivity contribution in [2.24, 2.45) is 7.05 Å². The average Bonchev–Trinajstić information content (AvgIpc) is 2.70. The molecule has 94 valence electrons. The summed E-state index contributed by atoms with van der Waals surface area (Å²) in [4.78, 5) is 13.8. The van der Waals surface area contributed by atoms with Crippen LogP contribution in [0.25, 0.3) is 0 Å². The Morgan fingerprint density at radius 2 is 2.24 bits per heavy atom. The van der Waals surface area contributed by atoms with Gasteiger partial charge in [0.2, 0.25) is 0 Å². The topological polar surface area (TPSA) is 56.6 Å². The van der Waals surface area contributed by atoms with Gasteiger partial charge in [0.15, 0.2) is 0 Å². The lowest BCUT2D eigenvalue weighted by Crippen LogP contribution is -2.36. The molecule has 2 heterocycles. The van der Waals surface area contributed by atoms with Crippen molar-refractivity contribution in [3.63, 3.8) is 0 Å². The zero-order valence-corrected chi connectivity index (χ0v) is 10.2. The smallest absolute Gasteiger partial charge is 0.341 e. The Bertz CT molecular complexity index is 397. The van der Waals surface area contributed by atoms with E-state index in [4.69, 9.17) is 9.47 Å². The number of aryl methyl sites for hydroxylation is 1. The Morgan fingerprint density at radius 3 is 2.88 bits per heavy atom. The van der Waals surface area contributed by atoms with Crippen molar-refractivity contribution >= 4 is 5.97 Å². The lowest BCUT2D eigenvalue weighted by Gasteiger charge is -2.25. The maximum atomic E-state index is 11.6. The summed E-state index contributed by atoms with van der Waals surface area (Å²) in [7, 11) is 3.18. The Hall–Kier alpha value is -1.40. The Balaban J connectivity index is 2.11. The lowest BCUT2D eigenvalue weighted by molar-refractivity contribution is 0.0332. The normalized spacial score (nSPS) is 17.1. The zero-order chi connectivity index (χ0) is 12.3. The summed E-state index contributed by atoms with van der Waals surface area (Å²) in [5.74, 6) is -0.332. The molecule has 2 rings (SSSR count). The Morgan fingerprint density at radius 1 is 1.53 bits per heavy atom. The molecule has 0 bridgehead atoms. The van der Waals surface area contributed by atoms with Crippen LogP contribution in [-0.2, 0) is 23.1 Å². The highest BCUT2D eigenvalue weighted by Gasteiger charge is 2.19. The second kappa shape index (κ2) is 5.29. The van der Waals surface area contributed by atoms with Gasteiger partial charge in [-0.3, -0.25) is 9.58 Å². The molecule has 0 N–H and O–H groups in total. The number of rotatable bonds is 3. The van der Waals surface area contributed by atoms with Crippen LogP contribution in [0.15, 0.2) is 6.20 Å². The Kier molecular flexibility index (Phi) is 3.75. The number of morpholine rings is 1. The fraction of sp³-hybridized carbons (Fsp3) is 0.636. The van der Waals surface area contributed by atoms with E-state index < -0.39 is 0 Å². The summed E-state index contributed by atoms with van der Waals surface area (Å²) in [5.41, 5.74) is 1.31. The largest absolute Gasteiger partial charge is 0.465 e. The van der Waals surface area contributed by atoms with Gasteiger partial charge in [0.05, 0.1) is 26.0 Å². The molecule has 1 aliphatic heterocycles. The number of hydrogen-bond donors (Lipinski definition) is 0. The average molecular weight is 239 g/mol. The highest BCUT2D eigenvalue weighted by molar-refractivity contribution is 5.90. The molecule has 6 heteroatoms. The quantitative estimate of drug-likeness (QED) is 0.697. The molecule has 6 nitrogen and oxygen atoms in total. The van der Waals surface area contributed by atoms with Gasteiger partial charge in [-0.1, -0.05) is 0 Å². The number of esters is 1. The van der Waals surface area contributed by atoms with Crippen LogP contribution < -0.4 is 0 Å². The maximum Gasteiger partial charge on any atom is 0.341 e. The van der Waals surface area contributed by atoms with E-state index in [0.29, 0.717) is 12.1 Å². The molecule has 1 saturated heterocycles. The van der Waals surface area contributed by atoms with Crippen LogP contribution in [0, 0.1) is 0 Å². The number of aromatic nitrogens is 2. The summed E-state index contributed by atoms with van der Waals surface area (Å²) in [6, 6.07) is 0. The van der Waals surface area contributed by atoms with Crippen molar-refractivity contribution in [3.05, 3.63) is 17.5 Å². The van der Waals surface area contributed by atoms with Crippen molar-refractivity contribution in [1.82, 2.24) is 14.7 Å². The third-order valence-electron chi connectivity index (χ3n) is 2.79. The van der Waals surface area contributed by atoms with Gasteiger partial charge >= 0.3 is 5.97 Å². The fourth-order valence-electron chi connectivity index (χ4n) is 1.90. The highest BCUT2D eigenvalue weighted by Crippen LogP contribution is 2.12. The maximum absolute atomic E-state index is 11.6. The monoisotopic (exact) mass is 239 g/mol. The van der Waals surface area contributed by atoms with E-state index >= 15 is 0 Å². The molecule has 0 amide bonds. The van der Waals surface area contributed by atoms with Gasteiger partial charge in [-0.2, -0.15) is 5.10 Å². The van der Waals surface area contributed by atoms with E-state index in [-0.39, 0.29) is 5.97 Å². The third kappa shape index (κ3) is 2.83. The van der Waals surface area contributed by atoms with E-state index in [9.17, 15) is 4.79 Å². The van der Waals surface area contributed by atoms with Crippen molar-refractivity contribution in [2.75, 3.05) is 33.4 Å². The van der Waals surface area contributed by atoms with Gasteiger partial charge in [-0.15, -0.1) is 0 Å². The van der Waals surface area contributed by atoms with Crippen LogP contribution in [0.3, 0.4) is 0 Å². The number of carbonyl (C=O) groups excluding carboxylic acids is 1. The standard InChI is InChI=1S/C11H17N3O3/c1-13-7-9(11(15)16-2)10(12-13)8-14-3-5-17-6-4-14/h7H,3-6,8H2,1-2H3. The number of hydrogen-bond acceptors (Lipinski definition) is 5. The lowest BCUT2D eigenvalue weighted by atomic mass is 10.2. The van der Waals surface area contributed by atoms with Gasteiger partial charge in [0, 0.05) is 32.9 Å². The molecule has 0 aromatic carbocycles. The Labute approximate surface area is 100 Å². The van der Waals surface area contributed by atoms with Gasteiger partial charge in [-0.05, 0) is 0 Å². The minimum absolute atomic E-state index is 0.332. The molecule has 0 atom stereocenters. The highest BCUT2D eigenvalue weighted by atomic mass is 16.5. The van der Waals surface area contributed by atoms with Gasteiger partial charge in [0.1, 0.15) is 5.56 Å². The minimum atomic E-state index is -0.332. The van der Waals surface area contributed by atoms with Crippen molar-refractivity contribution in [1.29, 1.82) is 0 Å². The van der Waals surface area contributed by atoms with E-state index in [1.165, 1.54) is 7.11 Å². The SMILES string of the molecule is COC(=O)c1cn(C)nc1CN1CCOCC1. The summed E-state index contributed by atoms with van der Waals surface area (Å²) < 4.78 is 11.7. The predicted octanol–water partition coefficient (Wildman–Crippen LogP) is 0.0389. The third-order valence-corrected chi connectivity index (χ3v) is 2.79. The molecule has 0 aliphatic carbocycles. The van der Waals surface area contributed by atoms with Crippen LogP contribution >= 0.6 is 0 Å². The molecule has 1 aliphatic rings. The first-order valence-corrected chi connectivity index (χ1v) is 5.61. The first kappa shape index (κ1) is 12.1. The number of methoxy groups -OCH3 is 1. The first-order chi connectivity index (χ1) is 8.20. The number of ether oxygens (including phenoxy) is 2. The molecule has 1 aromatic heterocycles. The minimum Gasteiger partial charge on any atom is -0.465 e. The predicted molar refractivity (Wildman–Crippen MR) is 60.6 cm³/mol. The summed E-state index contributed by atoms with van der Waals surface area (Å²) in [6.45, 7) is 3.88. The van der Waals surface area contributed by atoms with Crippen LogP contribution in [-0.4, -0.2) is 54.1 Å². The number of carbonyl (C=O) groups is 1. The fourth-order valence-corrected chi connectivity index (χ4v) is 1.90. The molecule has 0 radical (unpaired) electrons. The van der Waals surface area contributed by atoms with E-state index in [0.717, 1.165) is 32.0 Å². The summed E-state index contributed by atoms with van der Waals surface area (Å²) in [6.07, 6.45) is 1.70. The molecule has 0 spiro atoms. The van der Waals surface area contributed by atoms with Crippen LogP contribution in [0.4, 0.5) is 0 Å². The second-order valence-corrected chi connectivity index (χ2v) is 4.04. The molecule has 0 unspecified atom stereocenters. The van der Waals surface area contributed by atoms with E-state index in [1.54, 1.807) is 17.9 Å². The van der Waals surface area contributed by atoms with Crippen molar-refractivity contribution < 1.29 is 14.3 Å². The van der Waals surface area contributed by atoms with E-state index in [2.05, 4.69) is 10.00 Å².